The Bertz CT molecular complexity index is 1510. The van der Waals surface area contributed by atoms with Gasteiger partial charge in [0.25, 0.3) is 0 Å². The molecule has 4 aromatic rings. The molecule has 38 heavy (non-hydrogen) atoms. The molecule has 0 saturated carbocycles. The maximum Gasteiger partial charge on any atom is 0.302 e. The molecule has 0 aliphatic heterocycles. The van der Waals surface area contributed by atoms with Crippen LogP contribution < -0.4 is 0 Å². The molecule has 0 aliphatic carbocycles. The minimum atomic E-state index is -0.384. The van der Waals surface area contributed by atoms with Gasteiger partial charge in [0, 0.05) is 57.3 Å². The predicted molar refractivity (Wildman–Crippen MR) is 150 cm³/mol. The average Bonchev–Trinajstić information content (AvgIpc) is 2.89. The maximum absolute atomic E-state index is 11.5. The van der Waals surface area contributed by atoms with Crippen molar-refractivity contribution in [2.24, 2.45) is 0 Å². The number of benzene rings is 4. The molecule has 0 fully saturated rings. The lowest BCUT2D eigenvalue weighted by atomic mass is 9.96. The molecular formula is C32H22Cl2O4. The summed E-state index contributed by atoms with van der Waals surface area (Å²) in [5.41, 5.74) is 4.56. The van der Waals surface area contributed by atoms with E-state index in [0.29, 0.717) is 10.0 Å². The molecule has 6 heteroatoms. The number of rotatable bonds is 4. The Morgan fingerprint density at radius 3 is 1.34 bits per heavy atom. The molecular weight excluding hydrogens is 519 g/mol. The maximum atomic E-state index is 11.5. The monoisotopic (exact) mass is 540 g/mol. The Morgan fingerprint density at radius 2 is 0.974 bits per heavy atom. The minimum Gasteiger partial charge on any atom is -0.461 e. The van der Waals surface area contributed by atoms with Gasteiger partial charge in [0.2, 0.25) is 0 Å². The van der Waals surface area contributed by atoms with Gasteiger partial charge in [0.1, 0.15) is 13.2 Å². The van der Waals surface area contributed by atoms with Gasteiger partial charge in [-0.25, -0.2) is 0 Å². The fourth-order valence-electron chi connectivity index (χ4n) is 3.62. The van der Waals surface area contributed by atoms with Crippen molar-refractivity contribution < 1.29 is 19.1 Å². The number of ether oxygens (including phenoxy) is 2. The first kappa shape index (κ1) is 26.8. The molecule has 0 radical (unpaired) electrons. The number of hydrogen-bond donors (Lipinski definition) is 0. The quantitative estimate of drug-likeness (QED) is 0.205. The lowest BCUT2D eigenvalue weighted by Gasteiger charge is -2.11. The standard InChI is InChI=1S/C32H22Cl2O4/c1-21(35)37-19-29-17-28-18-30(20-38-22(2)36)26(10-4-24-7-13-32(34)14-8-24)16-27(28)15-25(29)9-3-23-5-11-31(33)12-6-23/h5-8,11-18H,19-20H2,1-2H3. The zero-order valence-electron chi connectivity index (χ0n) is 20.7. The van der Waals surface area contributed by atoms with Crippen LogP contribution in [0.25, 0.3) is 10.8 Å². The van der Waals surface area contributed by atoms with Gasteiger partial charge >= 0.3 is 11.9 Å². The molecule has 0 amide bonds. The molecule has 0 aliphatic rings. The number of halogens is 2. The van der Waals surface area contributed by atoms with E-state index in [-0.39, 0.29) is 25.2 Å². The molecule has 0 spiro atoms. The fourth-order valence-corrected chi connectivity index (χ4v) is 3.87. The summed E-state index contributed by atoms with van der Waals surface area (Å²) < 4.78 is 10.6. The highest BCUT2D eigenvalue weighted by molar-refractivity contribution is 6.30. The molecule has 0 saturated heterocycles. The van der Waals surface area contributed by atoms with Crippen LogP contribution in [0.15, 0.2) is 72.8 Å². The number of esters is 2. The first-order chi connectivity index (χ1) is 18.3. The van der Waals surface area contributed by atoms with Crippen molar-refractivity contribution in [3.05, 3.63) is 116 Å². The molecule has 4 aromatic carbocycles. The predicted octanol–water partition coefficient (Wildman–Crippen LogP) is 7.07. The van der Waals surface area contributed by atoms with Gasteiger partial charge in [0.15, 0.2) is 0 Å². The van der Waals surface area contributed by atoms with Crippen LogP contribution in [0.5, 0.6) is 0 Å². The summed E-state index contributed by atoms with van der Waals surface area (Å²) >= 11 is 12.0. The van der Waals surface area contributed by atoms with E-state index in [1.165, 1.54) is 13.8 Å². The van der Waals surface area contributed by atoms with Gasteiger partial charge in [-0.15, -0.1) is 0 Å². The minimum absolute atomic E-state index is 0.0767. The van der Waals surface area contributed by atoms with E-state index in [1.807, 2.05) is 48.5 Å². The lowest BCUT2D eigenvalue weighted by molar-refractivity contribution is -0.143. The Morgan fingerprint density at radius 1 is 0.605 bits per heavy atom. The van der Waals surface area contributed by atoms with Gasteiger partial charge < -0.3 is 9.47 Å². The topological polar surface area (TPSA) is 52.6 Å². The van der Waals surface area contributed by atoms with Crippen LogP contribution in [0, 0.1) is 23.7 Å². The van der Waals surface area contributed by atoms with Crippen molar-refractivity contribution >= 4 is 45.9 Å². The molecule has 0 aromatic heterocycles. The Kier molecular flexibility index (Phi) is 8.72. The van der Waals surface area contributed by atoms with Gasteiger partial charge in [-0.2, -0.15) is 0 Å². The SMILES string of the molecule is CC(=O)OCc1cc2cc(COC(C)=O)c(C#Cc3ccc(Cl)cc3)cc2cc1C#Cc1ccc(Cl)cc1. The molecule has 188 valence electrons. The van der Waals surface area contributed by atoms with Gasteiger partial charge in [-0.1, -0.05) is 46.9 Å². The molecule has 4 nitrogen and oxygen atoms in total. The zero-order valence-corrected chi connectivity index (χ0v) is 22.2. The van der Waals surface area contributed by atoms with Crippen LogP contribution in [0.3, 0.4) is 0 Å². The molecule has 0 bridgehead atoms. The van der Waals surface area contributed by atoms with Crippen molar-refractivity contribution in [2.75, 3.05) is 0 Å². The third kappa shape index (κ3) is 7.40. The number of fused-ring (bicyclic) bond motifs is 1. The van der Waals surface area contributed by atoms with E-state index >= 15 is 0 Å². The summed E-state index contributed by atoms with van der Waals surface area (Å²) in [5.74, 6) is 11.9. The third-order valence-corrected chi connectivity index (χ3v) is 6.02. The third-order valence-electron chi connectivity index (χ3n) is 5.52. The fraction of sp³-hybridized carbons (Fsp3) is 0.125. The van der Waals surface area contributed by atoms with E-state index < -0.39 is 0 Å². The number of carbonyl (C=O) groups excluding carboxylic acids is 2. The summed E-state index contributed by atoms with van der Waals surface area (Å²) in [6.45, 7) is 2.88. The number of hydrogen-bond acceptors (Lipinski definition) is 4. The van der Waals surface area contributed by atoms with E-state index in [4.69, 9.17) is 32.7 Å². The van der Waals surface area contributed by atoms with Gasteiger partial charge in [-0.05, 0) is 83.6 Å². The summed E-state index contributed by atoms with van der Waals surface area (Å²) in [5, 5.41) is 3.04. The second-order valence-corrected chi connectivity index (χ2v) is 9.31. The van der Waals surface area contributed by atoms with E-state index in [2.05, 4.69) is 23.7 Å². The molecule has 0 unspecified atom stereocenters. The highest BCUT2D eigenvalue weighted by Gasteiger charge is 2.10. The lowest BCUT2D eigenvalue weighted by Crippen LogP contribution is -2.03. The van der Waals surface area contributed by atoms with Crippen molar-refractivity contribution in [1.82, 2.24) is 0 Å². The van der Waals surface area contributed by atoms with Crippen molar-refractivity contribution in [3.63, 3.8) is 0 Å². The number of carbonyl (C=O) groups is 2. The van der Waals surface area contributed by atoms with Crippen LogP contribution in [0.1, 0.15) is 47.2 Å². The summed E-state index contributed by atoms with van der Waals surface area (Å²) in [6.07, 6.45) is 0. The highest BCUT2D eigenvalue weighted by atomic mass is 35.5. The zero-order chi connectivity index (χ0) is 27.1. The second-order valence-electron chi connectivity index (χ2n) is 8.44. The van der Waals surface area contributed by atoms with Crippen molar-refractivity contribution in [2.45, 2.75) is 27.1 Å². The summed E-state index contributed by atoms with van der Waals surface area (Å²) in [6, 6.07) is 22.2. The van der Waals surface area contributed by atoms with Gasteiger partial charge in [0.05, 0.1) is 0 Å². The second kappa shape index (κ2) is 12.3. The van der Waals surface area contributed by atoms with Crippen molar-refractivity contribution in [3.8, 4) is 23.7 Å². The van der Waals surface area contributed by atoms with Crippen molar-refractivity contribution in [1.29, 1.82) is 0 Å². The molecule has 4 rings (SSSR count). The first-order valence-corrected chi connectivity index (χ1v) is 12.4. The Labute approximate surface area is 231 Å². The molecule has 0 atom stereocenters. The summed E-state index contributed by atoms with van der Waals surface area (Å²) in [4.78, 5) is 23.0. The van der Waals surface area contributed by atoms with E-state index in [0.717, 1.165) is 44.2 Å². The molecule has 0 N–H and O–H groups in total. The average molecular weight is 541 g/mol. The van der Waals surface area contributed by atoms with Crippen LogP contribution >= 0.6 is 23.2 Å². The Balaban J connectivity index is 1.82. The summed E-state index contributed by atoms with van der Waals surface area (Å²) in [7, 11) is 0. The first-order valence-electron chi connectivity index (χ1n) is 11.7. The van der Waals surface area contributed by atoms with Crippen LogP contribution in [0.2, 0.25) is 10.0 Å². The van der Waals surface area contributed by atoms with Crippen LogP contribution in [-0.4, -0.2) is 11.9 Å². The van der Waals surface area contributed by atoms with Gasteiger partial charge in [-0.3, -0.25) is 9.59 Å². The molecule has 0 heterocycles. The smallest absolute Gasteiger partial charge is 0.302 e. The normalized spacial score (nSPS) is 10.1. The highest BCUT2D eigenvalue weighted by Crippen LogP contribution is 2.26. The van der Waals surface area contributed by atoms with Crippen LogP contribution in [0.4, 0.5) is 0 Å². The van der Waals surface area contributed by atoms with E-state index in [1.54, 1.807) is 24.3 Å². The largest absolute Gasteiger partial charge is 0.461 e. The Hall–Kier alpha value is -4.22. The van der Waals surface area contributed by atoms with E-state index in [9.17, 15) is 9.59 Å². The van der Waals surface area contributed by atoms with Crippen LogP contribution in [-0.2, 0) is 32.3 Å².